The molecule has 4 aromatic carbocycles. The average Bonchev–Trinajstić information content (AvgIpc) is 3.43. The maximum Gasteiger partial charge on any atom is 0.219 e. The number of hydrogen-bond donors (Lipinski definition) is 1. The quantitative estimate of drug-likeness (QED) is 0.224. The summed E-state index contributed by atoms with van der Waals surface area (Å²) in [6.07, 6.45) is 4.72. The normalized spacial score (nSPS) is 17.4. The fraction of sp³-hybridized carbons (Fsp3) is 0.162. The number of likely N-dealkylation sites (N-methyl/N-ethyl adjacent to an activating group) is 1. The van der Waals surface area contributed by atoms with Crippen LogP contribution in [0.1, 0.15) is 36.2 Å². The molecule has 0 radical (unpaired) electrons. The van der Waals surface area contributed by atoms with Crippen molar-refractivity contribution in [3.8, 4) is 5.69 Å². The highest BCUT2D eigenvalue weighted by atomic mass is 32.2. The summed E-state index contributed by atoms with van der Waals surface area (Å²) in [5.74, 6) is 0. The molecular weight excluding hydrogens is 533 g/mol. The van der Waals surface area contributed by atoms with Gasteiger partial charge in [-0.15, -0.1) is 0 Å². The third-order valence-corrected chi connectivity index (χ3v) is 9.87. The van der Waals surface area contributed by atoms with Gasteiger partial charge in [-0.1, -0.05) is 80.2 Å². The Bertz CT molecular complexity index is 1900. The molecule has 0 amide bonds. The van der Waals surface area contributed by atoms with Gasteiger partial charge in [0.25, 0.3) is 0 Å². The van der Waals surface area contributed by atoms with Gasteiger partial charge in [0, 0.05) is 72.7 Å². The molecule has 0 atom stereocenters. The zero-order valence-corrected chi connectivity index (χ0v) is 25.3. The first-order valence-electron chi connectivity index (χ1n) is 14.4. The Kier molecular flexibility index (Phi) is 6.45. The zero-order chi connectivity index (χ0) is 29.0. The van der Waals surface area contributed by atoms with E-state index in [-0.39, 0.29) is 5.41 Å². The highest BCUT2D eigenvalue weighted by Crippen LogP contribution is 2.48. The van der Waals surface area contributed by atoms with Crippen molar-refractivity contribution >= 4 is 46.2 Å². The molecule has 42 heavy (non-hydrogen) atoms. The fourth-order valence-electron chi connectivity index (χ4n) is 6.43. The molecule has 4 nitrogen and oxygen atoms in total. The summed E-state index contributed by atoms with van der Waals surface area (Å²) in [7, 11) is 4.34. The van der Waals surface area contributed by atoms with Crippen LogP contribution in [-0.2, 0) is 12.0 Å². The first-order valence-corrected chi connectivity index (χ1v) is 15.2. The van der Waals surface area contributed by atoms with Gasteiger partial charge >= 0.3 is 0 Å². The summed E-state index contributed by atoms with van der Waals surface area (Å²) >= 11 is 1.83. The van der Waals surface area contributed by atoms with Crippen molar-refractivity contribution in [2.45, 2.75) is 30.7 Å². The van der Waals surface area contributed by atoms with Crippen LogP contribution in [0.5, 0.6) is 0 Å². The van der Waals surface area contributed by atoms with Gasteiger partial charge in [0.2, 0.25) is 16.9 Å². The number of aromatic nitrogens is 1. The van der Waals surface area contributed by atoms with Crippen LogP contribution in [0.4, 0.5) is 11.4 Å². The van der Waals surface area contributed by atoms with E-state index in [1.165, 1.54) is 49.0 Å². The third kappa shape index (κ3) is 4.23. The van der Waals surface area contributed by atoms with Crippen LogP contribution < -0.4 is 20.1 Å². The van der Waals surface area contributed by atoms with Crippen molar-refractivity contribution in [1.29, 1.82) is 0 Å². The van der Waals surface area contributed by atoms with Crippen molar-refractivity contribution < 1.29 is 4.57 Å². The molecule has 0 aliphatic carbocycles. The summed E-state index contributed by atoms with van der Waals surface area (Å²) in [6.45, 7) is 5.18. The van der Waals surface area contributed by atoms with Gasteiger partial charge in [-0.05, 0) is 47.0 Å². The molecule has 7 rings (SSSR count). The SMILES string of the molecule is CN1/C(=C/c2cc(/C=C3\N(C)c4ccc(CN)cc4C3(C)C)[n+](-c3ccccc3)c3ccccc23)Sc2ccccc21. The first kappa shape index (κ1) is 26.6. The Hall–Kier alpha value is -4.32. The molecule has 5 aromatic rings. The second-order valence-electron chi connectivity index (χ2n) is 11.6. The number of hydrogen-bond acceptors (Lipinski definition) is 4. The van der Waals surface area contributed by atoms with Crippen molar-refractivity contribution in [3.63, 3.8) is 0 Å². The molecular formula is C37H35N4S+. The van der Waals surface area contributed by atoms with Gasteiger partial charge in [0.15, 0.2) is 0 Å². The number of pyridine rings is 1. The van der Waals surface area contributed by atoms with Crippen LogP contribution in [0, 0.1) is 0 Å². The summed E-state index contributed by atoms with van der Waals surface area (Å²) in [6, 6.07) is 37.0. The highest BCUT2D eigenvalue weighted by Gasteiger charge is 2.39. The number of nitrogens with two attached hydrogens (primary N) is 1. The average molecular weight is 568 g/mol. The molecule has 2 aliphatic rings. The van der Waals surface area contributed by atoms with Gasteiger partial charge in [0.05, 0.1) is 16.1 Å². The molecule has 0 spiro atoms. The smallest absolute Gasteiger partial charge is 0.219 e. The van der Waals surface area contributed by atoms with E-state index in [4.69, 9.17) is 5.73 Å². The van der Waals surface area contributed by atoms with Gasteiger partial charge in [-0.3, -0.25) is 0 Å². The summed E-state index contributed by atoms with van der Waals surface area (Å²) in [4.78, 5) is 5.93. The van der Waals surface area contributed by atoms with Crippen LogP contribution in [0.3, 0.4) is 0 Å². The van der Waals surface area contributed by atoms with Gasteiger partial charge in [-0.25, -0.2) is 0 Å². The van der Waals surface area contributed by atoms with Crippen molar-refractivity contribution in [2.24, 2.45) is 5.73 Å². The first-order chi connectivity index (χ1) is 20.4. The highest BCUT2D eigenvalue weighted by molar-refractivity contribution is 8.03. The Morgan fingerprint density at radius 2 is 1.52 bits per heavy atom. The topological polar surface area (TPSA) is 36.4 Å². The second-order valence-corrected chi connectivity index (χ2v) is 12.7. The molecule has 2 N–H and O–H groups in total. The van der Waals surface area contributed by atoms with Gasteiger partial charge < -0.3 is 15.5 Å². The van der Waals surface area contributed by atoms with Gasteiger partial charge in [0.1, 0.15) is 0 Å². The molecule has 2 aliphatic heterocycles. The Balaban J connectivity index is 1.47. The number of rotatable bonds is 4. The van der Waals surface area contributed by atoms with Crippen molar-refractivity contribution in [2.75, 3.05) is 23.9 Å². The maximum atomic E-state index is 6.04. The van der Waals surface area contributed by atoms with E-state index in [0.717, 1.165) is 16.9 Å². The van der Waals surface area contributed by atoms with Crippen LogP contribution in [0.15, 0.2) is 119 Å². The van der Waals surface area contributed by atoms with Crippen LogP contribution in [-0.4, -0.2) is 14.1 Å². The minimum absolute atomic E-state index is 0.183. The van der Waals surface area contributed by atoms with Crippen LogP contribution in [0.25, 0.3) is 28.7 Å². The van der Waals surface area contributed by atoms with Gasteiger partial charge in [-0.2, -0.15) is 4.57 Å². The molecule has 208 valence electrons. The van der Waals surface area contributed by atoms with E-state index < -0.39 is 0 Å². The van der Waals surface area contributed by atoms with E-state index in [9.17, 15) is 0 Å². The predicted molar refractivity (Wildman–Crippen MR) is 178 cm³/mol. The minimum Gasteiger partial charge on any atom is -0.347 e. The molecule has 5 heteroatoms. The lowest BCUT2D eigenvalue weighted by atomic mass is 9.82. The van der Waals surface area contributed by atoms with E-state index in [1.807, 2.05) is 11.8 Å². The van der Waals surface area contributed by atoms with E-state index in [1.54, 1.807) is 0 Å². The number of thioether (sulfide) groups is 1. The molecule has 3 heterocycles. The van der Waals surface area contributed by atoms with E-state index in [2.05, 4.69) is 158 Å². The predicted octanol–water partition coefficient (Wildman–Crippen LogP) is 7.88. The summed E-state index contributed by atoms with van der Waals surface area (Å²) in [5, 5.41) is 2.44. The number of allylic oxidation sites excluding steroid dienone is 1. The van der Waals surface area contributed by atoms with Crippen LogP contribution >= 0.6 is 11.8 Å². The van der Waals surface area contributed by atoms with E-state index >= 15 is 0 Å². The fourth-order valence-corrected chi connectivity index (χ4v) is 7.53. The molecule has 0 fully saturated rings. The number of anilines is 2. The number of fused-ring (bicyclic) bond motifs is 3. The lowest BCUT2D eigenvalue weighted by Crippen LogP contribution is -2.36. The molecule has 1 aromatic heterocycles. The summed E-state index contributed by atoms with van der Waals surface area (Å²) in [5.41, 5.74) is 16.7. The Morgan fingerprint density at radius 3 is 2.31 bits per heavy atom. The molecule has 0 saturated carbocycles. The maximum absolute atomic E-state index is 6.04. The standard InChI is InChI=1S/C37H35N4S/c1-37(2)30-20-25(24-38)18-19-32(30)39(3)35(37)23-28-21-26(22-36-40(4)33-16-10-11-17-34(33)42-36)29-14-8-9-15-31(29)41(28)27-12-6-5-7-13-27/h5-23H,24,38H2,1-4H3/q+1. The lowest BCUT2D eigenvalue weighted by Gasteiger charge is -2.24. The number of para-hydroxylation sites is 3. The lowest BCUT2D eigenvalue weighted by molar-refractivity contribution is -0.569. The molecule has 0 unspecified atom stereocenters. The minimum atomic E-state index is -0.183. The Labute approximate surface area is 252 Å². The summed E-state index contributed by atoms with van der Waals surface area (Å²) < 4.78 is 2.39. The Morgan fingerprint density at radius 1 is 0.786 bits per heavy atom. The molecule has 0 saturated heterocycles. The number of benzene rings is 4. The van der Waals surface area contributed by atoms with Crippen LogP contribution in [0.2, 0.25) is 0 Å². The third-order valence-electron chi connectivity index (χ3n) is 8.70. The molecule has 0 bridgehead atoms. The largest absolute Gasteiger partial charge is 0.347 e. The van der Waals surface area contributed by atoms with E-state index in [0.29, 0.717) is 6.54 Å². The number of nitrogens with zero attached hydrogens (tertiary/aromatic N) is 3. The van der Waals surface area contributed by atoms with Crippen molar-refractivity contribution in [1.82, 2.24) is 0 Å². The second kappa shape index (κ2) is 10.2. The zero-order valence-electron chi connectivity index (χ0n) is 24.5. The monoisotopic (exact) mass is 567 g/mol. The van der Waals surface area contributed by atoms with Crippen molar-refractivity contribution in [3.05, 3.63) is 136 Å².